The van der Waals surface area contributed by atoms with Crippen molar-refractivity contribution in [1.29, 1.82) is 0 Å². The summed E-state index contributed by atoms with van der Waals surface area (Å²) in [6.07, 6.45) is 4.46. The van der Waals surface area contributed by atoms with Crippen LogP contribution in [0.25, 0.3) is 0 Å². The number of Topliss-reactive ketones (excluding diaryl/α,β-unsaturated/α-hetero) is 1. The molecule has 0 radical (unpaired) electrons. The Labute approximate surface area is 104 Å². The van der Waals surface area contributed by atoms with Crippen molar-refractivity contribution >= 4 is 5.78 Å². The van der Waals surface area contributed by atoms with Gasteiger partial charge in [0.15, 0.2) is 0 Å². The number of carbonyl (C=O) groups is 1. The van der Waals surface area contributed by atoms with Gasteiger partial charge in [-0.3, -0.25) is 4.79 Å². The fraction of sp³-hybridized carbons (Fsp3) is 0.929. The number of carbonyl (C=O) groups excluding carboxylic acids is 1. The van der Waals surface area contributed by atoms with Gasteiger partial charge in [-0.15, -0.1) is 0 Å². The van der Waals surface area contributed by atoms with E-state index in [2.05, 4.69) is 13.8 Å². The first-order valence-corrected chi connectivity index (χ1v) is 6.86. The van der Waals surface area contributed by atoms with Crippen LogP contribution in [0, 0.1) is 11.8 Å². The molecule has 3 heteroatoms. The lowest BCUT2D eigenvalue weighted by atomic mass is 9.78. The SMILES string of the molecule is CC(C)CC(=O)C1CCOC2(CCOCC2)C1. The number of ether oxygens (including phenoxy) is 2. The van der Waals surface area contributed by atoms with E-state index in [1.54, 1.807) is 0 Å². The van der Waals surface area contributed by atoms with Crippen LogP contribution in [0.4, 0.5) is 0 Å². The molecule has 0 amide bonds. The van der Waals surface area contributed by atoms with Gasteiger partial charge in [0.25, 0.3) is 0 Å². The normalized spacial score (nSPS) is 28.5. The minimum Gasteiger partial charge on any atom is -0.381 e. The van der Waals surface area contributed by atoms with E-state index in [4.69, 9.17) is 9.47 Å². The summed E-state index contributed by atoms with van der Waals surface area (Å²) in [7, 11) is 0. The Kier molecular flexibility index (Phi) is 4.21. The monoisotopic (exact) mass is 240 g/mol. The lowest BCUT2D eigenvalue weighted by Gasteiger charge is -2.43. The van der Waals surface area contributed by atoms with Crippen molar-refractivity contribution in [3.63, 3.8) is 0 Å². The van der Waals surface area contributed by atoms with E-state index >= 15 is 0 Å². The molecule has 2 heterocycles. The minimum atomic E-state index is -0.0478. The van der Waals surface area contributed by atoms with Gasteiger partial charge in [0.1, 0.15) is 5.78 Å². The third-order valence-corrected chi connectivity index (χ3v) is 3.96. The van der Waals surface area contributed by atoms with Crippen molar-refractivity contribution in [3.05, 3.63) is 0 Å². The van der Waals surface area contributed by atoms with Crippen molar-refractivity contribution in [2.45, 2.75) is 51.6 Å². The van der Waals surface area contributed by atoms with Crippen LogP contribution in [0.15, 0.2) is 0 Å². The van der Waals surface area contributed by atoms with Crippen molar-refractivity contribution in [1.82, 2.24) is 0 Å². The Morgan fingerprint density at radius 2 is 2.00 bits per heavy atom. The van der Waals surface area contributed by atoms with E-state index in [9.17, 15) is 4.79 Å². The number of ketones is 1. The van der Waals surface area contributed by atoms with E-state index in [-0.39, 0.29) is 11.5 Å². The molecule has 0 aliphatic carbocycles. The van der Waals surface area contributed by atoms with Gasteiger partial charge in [0.2, 0.25) is 0 Å². The maximum absolute atomic E-state index is 12.1. The molecule has 98 valence electrons. The molecule has 17 heavy (non-hydrogen) atoms. The van der Waals surface area contributed by atoms with Crippen LogP contribution in [0.3, 0.4) is 0 Å². The number of hydrogen-bond acceptors (Lipinski definition) is 3. The highest BCUT2D eigenvalue weighted by Gasteiger charge is 2.40. The largest absolute Gasteiger partial charge is 0.381 e. The first-order chi connectivity index (χ1) is 8.11. The van der Waals surface area contributed by atoms with Crippen LogP contribution in [-0.2, 0) is 14.3 Å². The molecule has 3 nitrogen and oxygen atoms in total. The highest BCUT2D eigenvalue weighted by molar-refractivity contribution is 5.81. The molecule has 0 aromatic heterocycles. The van der Waals surface area contributed by atoms with E-state index in [0.29, 0.717) is 11.7 Å². The molecule has 0 saturated carbocycles. The predicted molar refractivity (Wildman–Crippen MR) is 65.9 cm³/mol. The van der Waals surface area contributed by atoms with E-state index in [1.807, 2.05) is 0 Å². The van der Waals surface area contributed by atoms with Crippen LogP contribution in [-0.4, -0.2) is 31.2 Å². The standard InChI is InChI=1S/C14H24O3/c1-11(2)9-13(15)12-3-6-17-14(10-12)4-7-16-8-5-14/h11-12H,3-10H2,1-2H3. The second-order valence-corrected chi connectivity index (χ2v) is 5.90. The zero-order valence-corrected chi connectivity index (χ0v) is 11.0. The van der Waals surface area contributed by atoms with Gasteiger partial charge < -0.3 is 9.47 Å². The Bertz CT molecular complexity index is 261. The second-order valence-electron chi connectivity index (χ2n) is 5.90. The summed E-state index contributed by atoms with van der Waals surface area (Å²) in [6.45, 7) is 6.54. The van der Waals surface area contributed by atoms with Gasteiger partial charge >= 0.3 is 0 Å². The molecular formula is C14H24O3. The third-order valence-electron chi connectivity index (χ3n) is 3.96. The molecule has 2 fully saturated rings. The molecule has 0 bridgehead atoms. The van der Waals surface area contributed by atoms with Crippen LogP contribution >= 0.6 is 0 Å². The van der Waals surface area contributed by atoms with Gasteiger partial charge in [-0.1, -0.05) is 13.8 Å². The van der Waals surface area contributed by atoms with Gasteiger partial charge in [-0.05, 0) is 31.6 Å². The smallest absolute Gasteiger partial charge is 0.136 e. The van der Waals surface area contributed by atoms with Gasteiger partial charge in [-0.2, -0.15) is 0 Å². The van der Waals surface area contributed by atoms with Crippen LogP contribution in [0.1, 0.15) is 46.0 Å². The van der Waals surface area contributed by atoms with Crippen LogP contribution in [0.5, 0.6) is 0 Å². The van der Waals surface area contributed by atoms with Gasteiger partial charge in [0.05, 0.1) is 5.60 Å². The zero-order chi connectivity index (χ0) is 12.3. The summed E-state index contributed by atoms with van der Waals surface area (Å²) in [5.74, 6) is 1.13. The number of hydrogen-bond donors (Lipinski definition) is 0. The first kappa shape index (κ1) is 13.0. The van der Waals surface area contributed by atoms with Gasteiger partial charge in [0, 0.05) is 32.2 Å². The van der Waals surface area contributed by atoms with Crippen molar-refractivity contribution in [2.24, 2.45) is 11.8 Å². The molecule has 2 rings (SSSR count). The second kappa shape index (κ2) is 5.49. The Morgan fingerprint density at radius 1 is 1.29 bits per heavy atom. The van der Waals surface area contributed by atoms with Crippen LogP contribution in [0.2, 0.25) is 0 Å². The fourth-order valence-electron chi connectivity index (χ4n) is 2.96. The molecule has 1 unspecified atom stereocenters. The lowest BCUT2D eigenvalue weighted by Crippen LogP contribution is -2.46. The highest BCUT2D eigenvalue weighted by Crippen LogP contribution is 2.37. The molecule has 2 aliphatic heterocycles. The quantitative estimate of drug-likeness (QED) is 0.760. The molecular weight excluding hydrogens is 216 g/mol. The lowest BCUT2D eigenvalue weighted by molar-refractivity contribution is -0.157. The Hall–Kier alpha value is -0.410. The molecule has 0 aromatic carbocycles. The Balaban J connectivity index is 1.94. The zero-order valence-electron chi connectivity index (χ0n) is 11.0. The number of rotatable bonds is 3. The van der Waals surface area contributed by atoms with Crippen molar-refractivity contribution < 1.29 is 14.3 Å². The Morgan fingerprint density at radius 3 is 2.65 bits per heavy atom. The van der Waals surface area contributed by atoms with E-state index < -0.39 is 0 Å². The average molecular weight is 240 g/mol. The maximum Gasteiger partial charge on any atom is 0.136 e. The maximum atomic E-state index is 12.1. The average Bonchev–Trinajstić information content (AvgIpc) is 2.29. The summed E-state index contributed by atoms with van der Waals surface area (Å²) in [6, 6.07) is 0. The fourth-order valence-corrected chi connectivity index (χ4v) is 2.96. The summed E-state index contributed by atoms with van der Waals surface area (Å²) >= 11 is 0. The molecule has 1 spiro atoms. The third kappa shape index (κ3) is 3.29. The summed E-state index contributed by atoms with van der Waals surface area (Å²) < 4.78 is 11.4. The summed E-state index contributed by atoms with van der Waals surface area (Å²) in [5, 5.41) is 0. The van der Waals surface area contributed by atoms with Gasteiger partial charge in [-0.25, -0.2) is 0 Å². The van der Waals surface area contributed by atoms with E-state index in [0.717, 1.165) is 51.9 Å². The van der Waals surface area contributed by atoms with Crippen molar-refractivity contribution in [2.75, 3.05) is 19.8 Å². The molecule has 0 aromatic rings. The topological polar surface area (TPSA) is 35.5 Å². The molecule has 1 atom stereocenters. The molecule has 0 N–H and O–H groups in total. The molecule has 2 aliphatic rings. The summed E-state index contributed by atoms with van der Waals surface area (Å²) in [4.78, 5) is 12.1. The molecule has 2 saturated heterocycles. The minimum absolute atomic E-state index is 0.0478. The first-order valence-electron chi connectivity index (χ1n) is 6.86. The predicted octanol–water partition coefficient (Wildman–Crippen LogP) is 2.58. The van der Waals surface area contributed by atoms with Crippen LogP contribution < -0.4 is 0 Å². The van der Waals surface area contributed by atoms with E-state index in [1.165, 1.54) is 0 Å². The van der Waals surface area contributed by atoms with Crippen molar-refractivity contribution in [3.8, 4) is 0 Å². The highest BCUT2D eigenvalue weighted by atomic mass is 16.5. The summed E-state index contributed by atoms with van der Waals surface area (Å²) in [5.41, 5.74) is -0.0478.